The van der Waals surface area contributed by atoms with E-state index < -0.39 is 0 Å². The van der Waals surface area contributed by atoms with Gasteiger partial charge >= 0.3 is 0 Å². The number of para-hydroxylation sites is 1. The number of rotatable bonds is 6. The molecule has 5 heteroatoms. The van der Waals surface area contributed by atoms with Crippen LogP contribution in [-0.4, -0.2) is 28.2 Å². The molecule has 0 unspecified atom stereocenters. The molecule has 0 aliphatic heterocycles. The van der Waals surface area contributed by atoms with Gasteiger partial charge in [0.05, 0.1) is 11.1 Å². The van der Waals surface area contributed by atoms with Gasteiger partial charge in [-0.2, -0.15) is 0 Å². The summed E-state index contributed by atoms with van der Waals surface area (Å²) >= 11 is 0. The van der Waals surface area contributed by atoms with Crippen molar-refractivity contribution in [3.8, 4) is 0 Å². The molecule has 3 rings (SSSR count). The molecule has 1 N–H and O–H groups in total. The van der Waals surface area contributed by atoms with E-state index in [9.17, 15) is 9.59 Å². The summed E-state index contributed by atoms with van der Waals surface area (Å²) in [7, 11) is 0. The molecular weight excluding hydrogens is 338 g/mol. The molecule has 1 aromatic heterocycles. The molecule has 5 nitrogen and oxygen atoms in total. The van der Waals surface area contributed by atoms with E-state index in [1.54, 1.807) is 23.1 Å². The molecule has 0 radical (unpaired) electrons. The first-order valence-corrected chi connectivity index (χ1v) is 8.82. The fourth-order valence-corrected chi connectivity index (χ4v) is 2.72. The molecule has 0 atom stereocenters. The minimum Gasteiger partial charge on any atom is -0.335 e. The molecule has 0 saturated heterocycles. The van der Waals surface area contributed by atoms with Crippen LogP contribution in [0.3, 0.4) is 0 Å². The Balaban J connectivity index is 1.75. The van der Waals surface area contributed by atoms with Crippen LogP contribution < -0.4 is 5.32 Å². The summed E-state index contributed by atoms with van der Waals surface area (Å²) in [6.45, 7) is 3.00. The third-order valence-corrected chi connectivity index (χ3v) is 4.16. The van der Waals surface area contributed by atoms with Crippen molar-refractivity contribution in [2.45, 2.75) is 13.5 Å². The normalized spacial score (nSPS) is 10.3. The molecule has 3 aromatic rings. The van der Waals surface area contributed by atoms with Crippen LogP contribution in [0.1, 0.15) is 33.2 Å². The quantitative estimate of drug-likeness (QED) is 0.724. The van der Waals surface area contributed by atoms with Gasteiger partial charge in [-0.3, -0.25) is 14.6 Å². The lowest BCUT2D eigenvalue weighted by molar-refractivity contribution is 0.0752. The zero-order chi connectivity index (χ0) is 19.1. The highest BCUT2D eigenvalue weighted by Crippen LogP contribution is 2.13. The molecule has 0 bridgehead atoms. The molecule has 2 amide bonds. The van der Waals surface area contributed by atoms with Crippen molar-refractivity contribution in [3.63, 3.8) is 0 Å². The molecule has 2 aromatic carbocycles. The van der Waals surface area contributed by atoms with Crippen LogP contribution in [0.15, 0.2) is 79.1 Å². The zero-order valence-corrected chi connectivity index (χ0v) is 15.1. The van der Waals surface area contributed by atoms with Crippen LogP contribution in [-0.2, 0) is 6.54 Å². The van der Waals surface area contributed by atoms with Crippen molar-refractivity contribution < 1.29 is 9.59 Å². The third kappa shape index (κ3) is 4.79. The molecule has 0 aliphatic carbocycles. The van der Waals surface area contributed by atoms with Gasteiger partial charge in [-0.15, -0.1) is 0 Å². The smallest absolute Gasteiger partial charge is 0.257 e. The first kappa shape index (κ1) is 18.3. The highest BCUT2D eigenvalue weighted by atomic mass is 16.2. The lowest BCUT2D eigenvalue weighted by Gasteiger charge is -2.21. The van der Waals surface area contributed by atoms with Crippen LogP contribution in [0.5, 0.6) is 0 Å². The van der Waals surface area contributed by atoms with Crippen molar-refractivity contribution in [3.05, 3.63) is 95.8 Å². The van der Waals surface area contributed by atoms with Crippen molar-refractivity contribution in [1.29, 1.82) is 0 Å². The number of carbonyl (C=O) groups excluding carboxylic acids is 2. The summed E-state index contributed by atoms with van der Waals surface area (Å²) in [5.41, 5.74) is 2.49. The SMILES string of the molecule is CCN(Cc1ccccc1)C(=O)c1cncc(C(=O)Nc2ccccc2)c1. The van der Waals surface area contributed by atoms with E-state index in [-0.39, 0.29) is 11.8 Å². The van der Waals surface area contributed by atoms with Crippen molar-refractivity contribution in [2.24, 2.45) is 0 Å². The van der Waals surface area contributed by atoms with Crippen LogP contribution in [0.2, 0.25) is 0 Å². The number of amides is 2. The van der Waals surface area contributed by atoms with E-state index in [1.165, 1.54) is 12.4 Å². The van der Waals surface area contributed by atoms with E-state index >= 15 is 0 Å². The summed E-state index contributed by atoms with van der Waals surface area (Å²) < 4.78 is 0. The van der Waals surface area contributed by atoms with Crippen molar-refractivity contribution >= 4 is 17.5 Å². The Hall–Kier alpha value is -3.47. The number of nitrogens with one attached hydrogen (secondary N) is 1. The van der Waals surface area contributed by atoms with E-state index in [1.807, 2.05) is 55.5 Å². The molecule has 0 saturated carbocycles. The van der Waals surface area contributed by atoms with Gasteiger partial charge in [0, 0.05) is 31.2 Å². The Labute approximate surface area is 158 Å². The number of nitrogens with zero attached hydrogens (tertiary/aromatic N) is 2. The molecule has 1 heterocycles. The number of anilines is 1. The van der Waals surface area contributed by atoms with Gasteiger partial charge in [0.1, 0.15) is 0 Å². The van der Waals surface area contributed by atoms with E-state index in [0.717, 1.165) is 5.56 Å². The number of carbonyl (C=O) groups is 2. The second-order valence-corrected chi connectivity index (χ2v) is 6.09. The van der Waals surface area contributed by atoms with Crippen LogP contribution in [0, 0.1) is 0 Å². The van der Waals surface area contributed by atoms with Gasteiger partial charge in [-0.25, -0.2) is 0 Å². The summed E-state index contributed by atoms with van der Waals surface area (Å²) in [5, 5.41) is 2.80. The van der Waals surface area contributed by atoms with Crippen LogP contribution >= 0.6 is 0 Å². The fourth-order valence-electron chi connectivity index (χ4n) is 2.72. The first-order valence-electron chi connectivity index (χ1n) is 8.82. The first-order chi connectivity index (χ1) is 13.2. The van der Waals surface area contributed by atoms with E-state index in [2.05, 4.69) is 10.3 Å². The van der Waals surface area contributed by atoms with Gasteiger partial charge in [-0.1, -0.05) is 48.5 Å². The molecule has 27 heavy (non-hydrogen) atoms. The Bertz CT molecular complexity index is 911. The van der Waals surface area contributed by atoms with Crippen molar-refractivity contribution in [1.82, 2.24) is 9.88 Å². The highest BCUT2D eigenvalue weighted by molar-refractivity contribution is 6.05. The maximum Gasteiger partial charge on any atom is 0.257 e. The third-order valence-electron chi connectivity index (χ3n) is 4.16. The van der Waals surface area contributed by atoms with Crippen LogP contribution in [0.25, 0.3) is 0 Å². The number of aromatic nitrogens is 1. The number of benzene rings is 2. The second kappa shape index (κ2) is 8.76. The lowest BCUT2D eigenvalue weighted by Crippen LogP contribution is -2.30. The standard InChI is InChI=1S/C22H21N3O2/c1-2-25(16-17-9-5-3-6-10-17)22(27)19-13-18(14-23-15-19)21(26)24-20-11-7-4-8-12-20/h3-15H,2,16H2,1H3,(H,24,26). The Kier molecular flexibility index (Phi) is 5.94. The molecule has 0 spiro atoms. The monoisotopic (exact) mass is 359 g/mol. The maximum atomic E-state index is 12.9. The minimum absolute atomic E-state index is 0.150. The Morgan fingerprint density at radius 1 is 0.926 bits per heavy atom. The Morgan fingerprint density at radius 2 is 1.56 bits per heavy atom. The summed E-state index contributed by atoms with van der Waals surface area (Å²) in [4.78, 5) is 31.1. The number of hydrogen-bond acceptors (Lipinski definition) is 3. The number of pyridine rings is 1. The van der Waals surface area contributed by atoms with E-state index in [0.29, 0.717) is 29.9 Å². The number of hydrogen-bond donors (Lipinski definition) is 1. The maximum absolute atomic E-state index is 12.9. The lowest BCUT2D eigenvalue weighted by atomic mass is 10.1. The molecule has 0 fully saturated rings. The minimum atomic E-state index is -0.297. The largest absolute Gasteiger partial charge is 0.335 e. The second-order valence-electron chi connectivity index (χ2n) is 6.09. The van der Waals surface area contributed by atoms with Gasteiger partial charge in [0.2, 0.25) is 0 Å². The predicted octanol–water partition coefficient (Wildman–Crippen LogP) is 4.00. The summed E-state index contributed by atoms with van der Waals surface area (Å²) in [6.07, 6.45) is 2.96. The van der Waals surface area contributed by atoms with Gasteiger partial charge in [-0.05, 0) is 30.7 Å². The summed E-state index contributed by atoms with van der Waals surface area (Å²) in [6, 6.07) is 20.6. The van der Waals surface area contributed by atoms with Crippen molar-refractivity contribution in [2.75, 3.05) is 11.9 Å². The molecular formula is C22H21N3O2. The van der Waals surface area contributed by atoms with Crippen LogP contribution in [0.4, 0.5) is 5.69 Å². The van der Waals surface area contributed by atoms with Gasteiger partial charge in [0.15, 0.2) is 0 Å². The highest BCUT2D eigenvalue weighted by Gasteiger charge is 2.17. The topological polar surface area (TPSA) is 62.3 Å². The fraction of sp³-hybridized carbons (Fsp3) is 0.136. The Morgan fingerprint density at radius 3 is 2.22 bits per heavy atom. The van der Waals surface area contributed by atoms with Gasteiger partial charge < -0.3 is 10.2 Å². The molecule has 136 valence electrons. The predicted molar refractivity (Wildman–Crippen MR) is 105 cm³/mol. The molecule has 0 aliphatic rings. The zero-order valence-electron chi connectivity index (χ0n) is 15.1. The average Bonchev–Trinajstić information content (AvgIpc) is 2.73. The van der Waals surface area contributed by atoms with E-state index in [4.69, 9.17) is 0 Å². The van der Waals surface area contributed by atoms with Gasteiger partial charge in [0.25, 0.3) is 11.8 Å². The average molecular weight is 359 g/mol. The summed E-state index contributed by atoms with van der Waals surface area (Å²) in [5.74, 6) is -0.447.